The first-order valence-corrected chi connectivity index (χ1v) is 16.2. The normalized spacial score (nSPS) is 30.5. The number of carbonyl (C=O) groups is 4. The van der Waals surface area contributed by atoms with Crippen LogP contribution in [0.4, 0.5) is 5.69 Å². The molecule has 1 saturated carbocycles. The Morgan fingerprint density at radius 2 is 1.70 bits per heavy atom. The van der Waals surface area contributed by atoms with E-state index < -0.39 is 51.1 Å². The van der Waals surface area contributed by atoms with Gasteiger partial charge in [-0.3, -0.25) is 29.0 Å². The standard InChI is InChI=1S/C34H24BrCl2N3O6/c1-39-31(44)33(36)15-22-19(27(34(33,37)32(39)45)21-14-17(35)8-13-24(21)41)11-12-20-26(22)30(43)40(29(20)42)18-9-6-16(7-10-18)28-38-23-4-2-3-5-25(23)46-28/h2-11,13-14,20,22,26-27,41H,12,15H2,1H3. The highest BCUT2D eigenvalue weighted by Crippen LogP contribution is 2.66. The Bertz CT molecular complexity index is 2030. The van der Waals surface area contributed by atoms with Crippen LogP contribution in [0, 0.1) is 17.8 Å². The molecular weight excluding hydrogens is 697 g/mol. The SMILES string of the molecule is CN1C(=O)C2(Cl)CC3C(=CCC4C(=O)N(c5ccc(-c6nc7ccccc7o6)cc5)C(=O)C43)C(c3cc(Br)ccc3O)C2(Cl)C1=O. The molecule has 2 aliphatic carbocycles. The van der Waals surface area contributed by atoms with E-state index >= 15 is 0 Å². The number of para-hydroxylation sites is 2. The van der Waals surface area contributed by atoms with E-state index in [1.54, 1.807) is 36.4 Å². The Kier molecular flexibility index (Phi) is 6.40. The Morgan fingerprint density at radius 1 is 0.957 bits per heavy atom. The lowest BCUT2D eigenvalue weighted by Crippen LogP contribution is -2.60. The number of anilines is 1. The maximum Gasteiger partial charge on any atom is 0.253 e. The summed E-state index contributed by atoms with van der Waals surface area (Å²) in [7, 11) is 1.33. The van der Waals surface area contributed by atoms with Gasteiger partial charge in [0.2, 0.25) is 17.7 Å². The highest BCUT2D eigenvalue weighted by molar-refractivity contribution is 9.10. The summed E-state index contributed by atoms with van der Waals surface area (Å²) in [5, 5.41) is 11.0. The summed E-state index contributed by atoms with van der Waals surface area (Å²) in [4.78, 5) is 58.3. The highest BCUT2D eigenvalue weighted by Gasteiger charge is 2.76. The van der Waals surface area contributed by atoms with Gasteiger partial charge in [-0.1, -0.05) is 39.7 Å². The molecule has 1 N–H and O–H groups in total. The molecule has 6 atom stereocenters. The molecule has 6 unspecified atom stereocenters. The fourth-order valence-corrected chi connectivity index (χ4v) is 9.24. The van der Waals surface area contributed by atoms with Crippen LogP contribution in [-0.2, 0) is 19.2 Å². The number of rotatable bonds is 3. The van der Waals surface area contributed by atoms with Crippen LogP contribution in [0.2, 0.25) is 0 Å². The number of hydrogen-bond acceptors (Lipinski definition) is 7. The quantitative estimate of drug-likeness (QED) is 0.153. The van der Waals surface area contributed by atoms with Crippen LogP contribution in [-0.4, -0.2) is 55.4 Å². The number of phenolic OH excluding ortho intramolecular Hbond substituents is 1. The van der Waals surface area contributed by atoms with E-state index in [4.69, 9.17) is 27.6 Å². The predicted octanol–water partition coefficient (Wildman–Crippen LogP) is 6.16. The molecule has 0 spiro atoms. The third kappa shape index (κ3) is 3.77. The van der Waals surface area contributed by atoms with E-state index in [1.165, 1.54) is 18.0 Å². The van der Waals surface area contributed by atoms with Crippen LogP contribution in [0.25, 0.3) is 22.6 Å². The molecule has 3 fully saturated rings. The van der Waals surface area contributed by atoms with E-state index in [9.17, 15) is 24.3 Å². The average Bonchev–Trinajstić information content (AvgIpc) is 3.63. The van der Waals surface area contributed by atoms with Crippen LogP contribution >= 0.6 is 39.1 Å². The third-order valence-electron chi connectivity index (χ3n) is 9.98. The van der Waals surface area contributed by atoms with Crippen molar-refractivity contribution >= 4 is 79.5 Å². The first-order valence-electron chi connectivity index (χ1n) is 14.7. The summed E-state index contributed by atoms with van der Waals surface area (Å²) in [5.74, 6) is -5.18. The van der Waals surface area contributed by atoms with Gasteiger partial charge in [0.25, 0.3) is 11.8 Å². The molecule has 4 aromatic rings. The van der Waals surface area contributed by atoms with Crippen molar-refractivity contribution in [3.8, 4) is 17.2 Å². The van der Waals surface area contributed by atoms with Crippen LogP contribution in [0.15, 0.2) is 87.3 Å². The molecule has 3 heterocycles. The Hall–Kier alpha value is -3.99. The number of phenols is 1. The van der Waals surface area contributed by atoms with Crippen LogP contribution < -0.4 is 4.90 Å². The van der Waals surface area contributed by atoms with Crippen molar-refractivity contribution in [1.82, 2.24) is 9.88 Å². The maximum absolute atomic E-state index is 14.3. The van der Waals surface area contributed by atoms with Gasteiger partial charge >= 0.3 is 0 Å². The number of oxazole rings is 1. The molecule has 4 amide bonds. The molecule has 2 saturated heterocycles. The zero-order valence-electron chi connectivity index (χ0n) is 24.1. The lowest BCUT2D eigenvalue weighted by atomic mass is 9.56. The number of amides is 4. The average molecular weight is 721 g/mol. The molecule has 9 nitrogen and oxygen atoms in total. The largest absolute Gasteiger partial charge is 0.508 e. The second-order valence-corrected chi connectivity index (χ2v) is 14.4. The van der Waals surface area contributed by atoms with Crippen LogP contribution in [0.1, 0.15) is 24.3 Å². The zero-order chi connectivity index (χ0) is 32.3. The van der Waals surface area contributed by atoms with Gasteiger partial charge in [0.05, 0.1) is 17.5 Å². The molecule has 1 aromatic heterocycles. The molecule has 12 heteroatoms. The number of allylic oxidation sites excluding steroid dienone is 2. The summed E-state index contributed by atoms with van der Waals surface area (Å²) in [5.41, 5.74) is 3.33. The van der Waals surface area contributed by atoms with Gasteiger partial charge in [-0.25, -0.2) is 4.98 Å². The van der Waals surface area contributed by atoms with Gasteiger partial charge in [-0.2, -0.15) is 0 Å². The summed E-state index contributed by atoms with van der Waals surface area (Å²) in [6.45, 7) is 0. The number of likely N-dealkylation sites (tertiary alicyclic amines) is 1. The Balaban J connectivity index is 1.19. The summed E-state index contributed by atoms with van der Waals surface area (Å²) < 4.78 is 6.48. The van der Waals surface area contributed by atoms with Gasteiger partial charge in [0.15, 0.2) is 15.3 Å². The molecule has 3 aromatic carbocycles. The number of halogens is 3. The molecular formula is C34H24BrCl2N3O6. The monoisotopic (exact) mass is 719 g/mol. The minimum atomic E-state index is -1.97. The summed E-state index contributed by atoms with van der Waals surface area (Å²) >= 11 is 17.8. The topological polar surface area (TPSA) is 121 Å². The first-order chi connectivity index (χ1) is 22.0. The smallest absolute Gasteiger partial charge is 0.253 e. The lowest BCUT2D eigenvalue weighted by molar-refractivity contribution is -0.138. The number of nitrogens with zero attached hydrogens (tertiary/aromatic N) is 3. The van der Waals surface area contributed by atoms with Crippen LogP contribution in [0.3, 0.4) is 0 Å². The van der Waals surface area contributed by atoms with Gasteiger partial charge in [0, 0.05) is 28.6 Å². The van der Waals surface area contributed by atoms with Gasteiger partial charge in [-0.15, -0.1) is 23.2 Å². The number of carbonyl (C=O) groups excluding carboxylic acids is 4. The molecule has 8 rings (SSSR count). The number of imide groups is 2. The van der Waals surface area contributed by atoms with Crippen molar-refractivity contribution in [2.75, 3.05) is 11.9 Å². The van der Waals surface area contributed by atoms with E-state index in [2.05, 4.69) is 20.9 Å². The molecule has 2 aliphatic heterocycles. The molecule has 0 radical (unpaired) electrons. The molecule has 232 valence electrons. The fourth-order valence-electron chi connectivity index (χ4n) is 7.85. The minimum Gasteiger partial charge on any atom is -0.508 e. The summed E-state index contributed by atoms with van der Waals surface area (Å²) in [6.07, 6.45) is 1.91. The highest BCUT2D eigenvalue weighted by atomic mass is 79.9. The van der Waals surface area contributed by atoms with E-state index in [0.717, 1.165) is 4.90 Å². The molecule has 4 aliphatic rings. The zero-order valence-corrected chi connectivity index (χ0v) is 27.2. The summed E-state index contributed by atoms with van der Waals surface area (Å²) in [6, 6.07) is 19.0. The third-order valence-corrected chi connectivity index (χ3v) is 11.9. The number of benzene rings is 3. The van der Waals surface area contributed by atoms with Crippen molar-refractivity contribution in [1.29, 1.82) is 0 Å². The van der Waals surface area contributed by atoms with E-state index in [0.29, 0.717) is 43.9 Å². The molecule has 0 bridgehead atoms. The van der Waals surface area contributed by atoms with E-state index in [-0.39, 0.29) is 24.5 Å². The van der Waals surface area contributed by atoms with E-state index in [1.807, 2.05) is 30.3 Å². The number of alkyl halides is 2. The van der Waals surface area contributed by atoms with Gasteiger partial charge < -0.3 is 9.52 Å². The first kappa shape index (κ1) is 29.4. The van der Waals surface area contributed by atoms with Gasteiger partial charge in [0.1, 0.15) is 11.3 Å². The lowest BCUT2D eigenvalue weighted by Gasteiger charge is -2.50. The van der Waals surface area contributed by atoms with Crippen molar-refractivity contribution in [2.24, 2.45) is 17.8 Å². The van der Waals surface area contributed by atoms with Crippen molar-refractivity contribution in [2.45, 2.75) is 28.5 Å². The minimum absolute atomic E-state index is 0.130. The Labute approximate surface area is 280 Å². The maximum atomic E-state index is 14.3. The predicted molar refractivity (Wildman–Crippen MR) is 173 cm³/mol. The van der Waals surface area contributed by atoms with Crippen molar-refractivity contribution in [3.05, 3.63) is 88.4 Å². The van der Waals surface area contributed by atoms with Crippen molar-refractivity contribution < 1.29 is 28.7 Å². The van der Waals surface area contributed by atoms with Crippen molar-refractivity contribution in [3.63, 3.8) is 0 Å². The number of aromatic nitrogens is 1. The Morgan fingerprint density at radius 3 is 2.43 bits per heavy atom. The van der Waals surface area contributed by atoms with Gasteiger partial charge in [-0.05, 0) is 73.4 Å². The fraction of sp³-hybridized carbons (Fsp3) is 0.265. The second kappa shape index (κ2) is 10.0. The number of fused-ring (bicyclic) bond motifs is 5. The second-order valence-electron chi connectivity index (χ2n) is 12.2. The number of hydrogen-bond donors (Lipinski definition) is 1. The van der Waals surface area contributed by atoms with Crippen LogP contribution in [0.5, 0.6) is 5.75 Å². The molecule has 46 heavy (non-hydrogen) atoms. The number of aromatic hydroxyl groups is 1.